The fourth-order valence-corrected chi connectivity index (χ4v) is 4.90. The average molecular weight is 335 g/mol. The third-order valence-corrected chi connectivity index (χ3v) is 6.11. The van der Waals surface area contributed by atoms with Gasteiger partial charge in [0.25, 0.3) is 11.1 Å². The predicted octanol–water partition coefficient (Wildman–Crippen LogP) is 2.91. The molecular formula is C20H21N3O2. The molecule has 2 aromatic heterocycles. The minimum absolute atomic E-state index is 0.00853. The van der Waals surface area contributed by atoms with Crippen LogP contribution in [0.15, 0.2) is 39.9 Å². The van der Waals surface area contributed by atoms with Gasteiger partial charge in [0.2, 0.25) is 0 Å². The fourth-order valence-electron chi connectivity index (χ4n) is 4.90. The van der Waals surface area contributed by atoms with Gasteiger partial charge >= 0.3 is 0 Å². The molecule has 3 aromatic rings. The van der Waals surface area contributed by atoms with Crippen LogP contribution in [-0.4, -0.2) is 13.9 Å². The summed E-state index contributed by atoms with van der Waals surface area (Å²) in [6, 6.07) is 10.6. The van der Waals surface area contributed by atoms with E-state index in [9.17, 15) is 9.59 Å². The minimum Gasteiger partial charge on any atom is -0.343 e. The van der Waals surface area contributed by atoms with E-state index in [-0.39, 0.29) is 23.2 Å². The smallest absolute Gasteiger partial charge is 0.275 e. The van der Waals surface area contributed by atoms with Crippen LogP contribution in [0.1, 0.15) is 48.3 Å². The predicted molar refractivity (Wildman–Crippen MR) is 97.4 cm³/mol. The number of fused-ring (bicyclic) bond motifs is 6. The molecule has 0 N–H and O–H groups in total. The Morgan fingerprint density at radius 1 is 0.880 bits per heavy atom. The van der Waals surface area contributed by atoms with Gasteiger partial charge in [-0.25, -0.2) is 9.36 Å². The summed E-state index contributed by atoms with van der Waals surface area (Å²) in [6.45, 7) is 4.60. The summed E-state index contributed by atoms with van der Waals surface area (Å²) in [4.78, 5) is 26.4. The van der Waals surface area contributed by atoms with Gasteiger partial charge in [-0.3, -0.25) is 9.59 Å². The topological polar surface area (TPSA) is 48.9 Å². The standard InChI is InChI=1S/C20H21N3O2/c1-12-17-18(13(2)21(12)11-14-6-4-3-5-7-14)20(25)23-16-9-8-15(10-16)22(23)19(17)24/h3-7,15-16H,8-11H2,1-2H3. The van der Waals surface area contributed by atoms with Gasteiger partial charge in [-0.15, -0.1) is 0 Å². The van der Waals surface area contributed by atoms with Crippen LogP contribution >= 0.6 is 0 Å². The molecule has 2 unspecified atom stereocenters. The molecule has 5 nitrogen and oxygen atoms in total. The van der Waals surface area contributed by atoms with Gasteiger partial charge in [0.15, 0.2) is 0 Å². The summed E-state index contributed by atoms with van der Waals surface area (Å²) in [5, 5.41) is 1.23. The Labute approximate surface area is 145 Å². The van der Waals surface area contributed by atoms with Crippen LogP contribution in [0.3, 0.4) is 0 Å². The summed E-state index contributed by atoms with van der Waals surface area (Å²) in [6.07, 6.45) is 2.96. The molecule has 0 amide bonds. The Morgan fingerprint density at radius 2 is 1.40 bits per heavy atom. The molecule has 0 saturated heterocycles. The highest BCUT2D eigenvalue weighted by Gasteiger charge is 2.39. The van der Waals surface area contributed by atoms with Crippen molar-refractivity contribution in [3.8, 4) is 0 Å². The van der Waals surface area contributed by atoms with Crippen LogP contribution in [-0.2, 0) is 6.54 Å². The van der Waals surface area contributed by atoms with E-state index in [1.54, 1.807) is 9.36 Å². The Kier molecular flexibility index (Phi) is 2.94. The normalized spacial score (nSPS) is 21.2. The Morgan fingerprint density at radius 3 is 1.92 bits per heavy atom. The van der Waals surface area contributed by atoms with E-state index in [4.69, 9.17) is 0 Å². The second kappa shape index (κ2) is 4.97. The van der Waals surface area contributed by atoms with Gasteiger partial charge < -0.3 is 4.57 Å². The summed E-state index contributed by atoms with van der Waals surface area (Å²) in [7, 11) is 0. The second-order valence-electron chi connectivity index (χ2n) is 7.41. The average Bonchev–Trinajstić information content (AvgIpc) is 3.29. The van der Waals surface area contributed by atoms with Gasteiger partial charge in [0, 0.05) is 17.9 Å². The molecule has 2 aliphatic rings. The number of rotatable bonds is 2. The third-order valence-electron chi connectivity index (χ3n) is 6.11. The third kappa shape index (κ3) is 1.84. The molecule has 2 bridgehead atoms. The zero-order chi connectivity index (χ0) is 17.3. The molecule has 1 aliphatic carbocycles. The van der Waals surface area contributed by atoms with Gasteiger partial charge in [-0.2, -0.15) is 0 Å². The van der Waals surface area contributed by atoms with Gasteiger partial charge in [0.05, 0.1) is 22.9 Å². The molecule has 1 aliphatic heterocycles. The van der Waals surface area contributed by atoms with Crippen LogP contribution < -0.4 is 11.1 Å². The van der Waals surface area contributed by atoms with E-state index >= 15 is 0 Å². The lowest BCUT2D eigenvalue weighted by Crippen LogP contribution is -2.39. The van der Waals surface area contributed by atoms with Crippen molar-refractivity contribution in [3.63, 3.8) is 0 Å². The molecule has 1 fully saturated rings. The first-order valence-electron chi connectivity index (χ1n) is 8.98. The molecule has 1 aromatic carbocycles. The van der Waals surface area contributed by atoms with Crippen molar-refractivity contribution in [1.29, 1.82) is 0 Å². The highest BCUT2D eigenvalue weighted by atomic mass is 16.2. The molecule has 1 saturated carbocycles. The molecule has 0 spiro atoms. The number of aromatic nitrogens is 3. The lowest BCUT2D eigenvalue weighted by atomic mass is 10.2. The molecule has 5 rings (SSSR count). The molecule has 2 atom stereocenters. The summed E-state index contributed by atoms with van der Waals surface area (Å²) in [5.41, 5.74) is 2.99. The number of hydrogen-bond acceptors (Lipinski definition) is 2. The maximum absolute atomic E-state index is 13.2. The Balaban J connectivity index is 1.81. The molecule has 128 valence electrons. The van der Waals surface area contributed by atoms with Crippen LogP contribution in [0.25, 0.3) is 10.8 Å². The lowest BCUT2D eigenvalue weighted by Gasteiger charge is -2.19. The number of nitrogens with zero attached hydrogens (tertiary/aromatic N) is 3. The molecule has 0 radical (unpaired) electrons. The fraction of sp³-hybridized carbons (Fsp3) is 0.400. The van der Waals surface area contributed by atoms with E-state index < -0.39 is 0 Å². The molecule has 5 heteroatoms. The maximum Gasteiger partial charge on any atom is 0.275 e. The van der Waals surface area contributed by atoms with Gasteiger partial charge in [-0.1, -0.05) is 30.3 Å². The summed E-state index contributed by atoms with van der Waals surface area (Å²) >= 11 is 0. The summed E-state index contributed by atoms with van der Waals surface area (Å²) < 4.78 is 5.61. The number of benzene rings is 1. The van der Waals surface area contributed by atoms with E-state index in [0.29, 0.717) is 17.3 Å². The first-order chi connectivity index (χ1) is 12.1. The van der Waals surface area contributed by atoms with E-state index in [1.807, 2.05) is 32.0 Å². The molecule has 25 heavy (non-hydrogen) atoms. The zero-order valence-electron chi connectivity index (χ0n) is 14.5. The SMILES string of the molecule is Cc1c2c(=O)n3n(c(=O)c2c(C)n1Cc1ccccc1)C1CCC3C1. The van der Waals surface area contributed by atoms with Crippen LogP contribution in [0.5, 0.6) is 0 Å². The quantitative estimate of drug-likeness (QED) is 0.723. The lowest BCUT2D eigenvalue weighted by molar-refractivity contribution is 0.362. The maximum atomic E-state index is 13.2. The van der Waals surface area contributed by atoms with Crippen molar-refractivity contribution in [2.75, 3.05) is 0 Å². The molecule has 3 heterocycles. The monoisotopic (exact) mass is 335 g/mol. The zero-order valence-corrected chi connectivity index (χ0v) is 14.5. The van der Waals surface area contributed by atoms with E-state index in [0.717, 1.165) is 30.7 Å². The second-order valence-corrected chi connectivity index (χ2v) is 7.41. The van der Waals surface area contributed by atoms with Gasteiger partial charge in [-0.05, 0) is 38.7 Å². The van der Waals surface area contributed by atoms with Crippen LogP contribution in [0.4, 0.5) is 0 Å². The Hall–Kier alpha value is -2.56. The number of hydrogen-bond donors (Lipinski definition) is 0. The Bertz CT molecular complexity index is 1050. The van der Waals surface area contributed by atoms with Crippen molar-refractivity contribution in [3.05, 3.63) is 68.0 Å². The van der Waals surface area contributed by atoms with Crippen LogP contribution in [0, 0.1) is 13.8 Å². The van der Waals surface area contributed by atoms with Gasteiger partial charge in [0.1, 0.15) is 0 Å². The first-order valence-corrected chi connectivity index (χ1v) is 8.98. The van der Waals surface area contributed by atoms with Crippen molar-refractivity contribution in [2.24, 2.45) is 0 Å². The minimum atomic E-state index is 0.00853. The number of aryl methyl sites for hydroxylation is 2. The first kappa shape index (κ1) is 14.8. The van der Waals surface area contributed by atoms with E-state index in [2.05, 4.69) is 16.7 Å². The van der Waals surface area contributed by atoms with Crippen molar-refractivity contribution < 1.29 is 0 Å². The highest BCUT2D eigenvalue weighted by molar-refractivity contribution is 5.87. The van der Waals surface area contributed by atoms with Crippen molar-refractivity contribution in [1.82, 2.24) is 13.9 Å². The molecular weight excluding hydrogens is 314 g/mol. The van der Waals surface area contributed by atoms with Crippen molar-refractivity contribution in [2.45, 2.75) is 51.7 Å². The van der Waals surface area contributed by atoms with Crippen LogP contribution in [0.2, 0.25) is 0 Å². The summed E-state index contributed by atoms with van der Waals surface area (Å²) in [5.74, 6) is 0. The highest BCUT2D eigenvalue weighted by Crippen LogP contribution is 2.42. The van der Waals surface area contributed by atoms with E-state index in [1.165, 1.54) is 5.56 Å². The van der Waals surface area contributed by atoms with Crippen molar-refractivity contribution >= 4 is 10.8 Å². The largest absolute Gasteiger partial charge is 0.343 e.